The Morgan fingerprint density at radius 3 is 2.47 bits per heavy atom. The number of halogens is 1. The van der Waals surface area contributed by atoms with Crippen molar-refractivity contribution in [3.05, 3.63) is 83.4 Å². The molecule has 0 unspecified atom stereocenters. The molecule has 1 fully saturated rings. The first-order valence-electron chi connectivity index (χ1n) is 10.5. The zero-order valence-electron chi connectivity index (χ0n) is 17.4. The molecule has 5 heteroatoms. The van der Waals surface area contributed by atoms with Gasteiger partial charge < -0.3 is 5.11 Å². The van der Waals surface area contributed by atoms with Gasteiger partial charge in [-0.2, -0.15) is 0 Å². The van der Waals surface area contributed by atoms with Crippen LogP contribution in [-0.2, 0) is 13.0 Å². The zero-order chi connectivity index (χ0) is 21.0. The molecule has 0 radical (unpaired) electrons. The second kappa shape index (κ2) is 9.02. The Hall–Kier alpha value is -2.63. The van der Waals surface area contributed by atoms with E-state index >= 15 is 0 Å². The van der Waals surface area contributed by atoms with Gasteiger partial charge in [-0.25, -0.2) is 14.4 Å². The molecule has 1 aromatic heterocycles. The van der Waals surface area contributed by atoms with Crippen LogP contribution in [0.2, 0.25) is 0 Å². The van der Waals surface area contributed by atoms with Gasteiger partial charge in [-0.15, -0.1) is 0 Å². The van der Waals surface area contributed by atoms with Gasteiger partial charge in [0.15, 0.2) is 5.82 Å². The van der Waals surface area contributed by atoms with Gasteiger partial charge in [0.05, 0.1) is 6.61 Å². The molecule has 0 spiro atoms. The average Bonchev–Trinajstić information content (AvgIpc) is 2.77. The lowest BCUT2D eigenvalue weighted by Crippen LogP contribution is -2.46. The lowest BCUT2D eigenvalue weighted by Gasteiger charge is -2.42. The van der Waals surface area contributed by atoms with Crippen molar-refractivity contribution in [2.24, 2.45) is 5.41 Å². The largest absolute Gasteiger partial charge is 0.396 e. The second-order valence-corrected chi connectivity index (χ2v) is 8.51. The minimum Gasteiger partial charge on any atom is -0.396 e. The fraction of sp³-hybridized carbons (Fsp3) is 0.360. The number of aromatic nitrogens is 2. The van der Waals surface area contributed by atoms with Crippen molar-refractivity contribution in [1.82, 2.24) is 14.9 Å². The lowest BCUT2D eigenvalue weighted by atomic mass is 9.75. The molecule has 30 heavy (non-hydrogen) atoms. The maximum atomic E-state index is 13.2. The predicted molar refractivity (Wildman–Crippen MR) is 116 cm³/mol. The van der Waals surface area contributed by atoms with Gasteiger partial charge in [0, 0.05) is 42.0 Å². The summed E-state index contributed by atoms with van der Waals surface area (Å²) in [6.45, 7) is 4.75. The van der Waals surface area contributed by atoms with Gasteiger partial charge in [0.2, 0.25) is 0 Å². The Bertz CT molecular complexity index is 974. The number of aryl methyl sites for hydroxylation is 1. The molecule has 1 atom stereocenters. The molecule has 0 saturated carbocycles. The number of aliphatic hydroxyl groups excluding tert-OH is 1. The van der Waals surface area contributed by atoms with Crippen molar-refractivity contribution in [2.75, 3.05) is 19.7 Å². The van der Waals surface area contributed by atoms with E-state index in [9.17, 15) is 9.50 Å². The molecule has 4 rings (SSSR count). The van der Waals surface area contributed by atoms with E-state index < -0.39 is 0 Å². The Balaban J connectivity index is 1.44. The number of aliphatic hydroxyl groups is 1. The maximum Gasteiger partial charge on any atom is 0.159 e. The molecule has 0 bridgehead atoms. The predicted octanol–water partition coefficient (Wildman–Crippen LogP) is 4.41. The lowest BCUT2D eigenvalue weighted by molar-refractivity contribution is 0.0287. The van der Waals surface area contributed by atoms with Crippen molar-refractivity contribution in [2.45, 2.75) is 32.7 Å². The molecule has 2 heterocycles. The van der Waals surface area contributed by atoms with Crippen LogP contribution in [0, 0.1) is 18.2 Å². The molecule has 1 saturated heterocycles. The van der Waals surface area contributed by atoms with Gasteiger partial charge in [-0.1, -0.05) is 36.4 Å². The van der Waals surface area contributed by atoms with Crippen LogP contribution in [0.25, 0.3) is 11.4 Å². The summed E-state index contributed by atoms with van der Waals surface area (Å²) in [4.78, 5) is 11.5. The van der Waals surface area contributed by atoms with Crippen LogP contribution in [0.5, 0.6) is 0 Å². The molecular formula is C25H28FN3O. The molecule has 156 valence electrons. The van der Waals surface area contributed by atoms with E-state index in [4.69, 9.17) is 0 Å². The topological polar surface area (TPSA) is 49.2 Å². The molecule has 1 N–H and O–H groups in total. The highest BCUT2D eigenvalue weighted by Gasteiger charge is 2.35. The maximum absolute atomic E-state index is 13.2. The van der Waals surface area contributed by atoms with Crippen LogP contribution in [0.15, 0.2) is 60.9 Å². The van der Waals surface area contributed by atoms with E-state index in [0.717, 1.165) is 67.0 Å². The number of likely N-dealkylation sites (tertiary alicyclic amines) is 1. The van der Waals surface area contributed by atoms with Gasteiger partial charge in [-0.05, 0) is 56.0 Å². The molecular weight excluding hydrogens is 377 g/mol. The molecule has 2 aromatic carbocycles. The minimum atomic E-state index is -0.226. The third kappa shape index (κ3) is 4.74. The van der Waals surface area contributed by atoms with Crippen molar-refractivity contribution in [1.29, 1.82) is 0 Å². The van der Waals surface area contributed by atoms with Crippen molar-refractivity contribution < 1.29 is 9.50 Å². The van der Waals surface area contributed by atoms with Gasteiger partial charge >= 0.3 is 0 Å². The van der Waals surface area contributed by atoms with Crippen molar-refractivity contribution in [3.8, 4) is 11.4 Å². The first kappa shape index (κ1) is 20.6. The summed E-state index contributed by atoms with van der Waals surface area (Å²) in [5.74, 6) is 0.521. The van der Waals surface area contributed by atoms with Crippen LogP contribution >= 0.6 is 0 Å². The van der Waals surface area contributed by atoms with Crippen LogP contribution in [0.1, 0.15) is 29.5 Å². The number of rotatable bonds is 6. The summed E-state index contributed by atoms with van der Waals surface area (Å²) in [6, 6.07) is 14.8. The summed E-state index contributed by atoms with van der Waals surface area (Å²) >= 11 is 0. The minimum absolute atomic E-state index is 0.129. The van der Waals surface area contributed by atoms with E-state index in [1.54, 1.807) is 0 Å². The van der Waals surface area contributed by atoms with E-state index in [1.807, 2.05) is 42.7 Å². The summed E-state index contributed by atoms with van der Waals surface area (Å²) in [6.07, 6.45) is 6.57. The number of piperidine rings is 1. The van der Waals surface area contributed by atoms with E-state index in [2.05, 4.69) is 27.9 Å². The Labute approximate surface area is 177 Å². The third-order valence-electron chi connectivity index (χ3n) is 6.07. The third-order valence-corrected chi connectivity index (χ3v) is 6.07. The van der Waals surface area contributed by atoms with Crippen molar-refractivity contribution >= 4 is 0 Å². The standard InChI is InChI=1S/C25H28FN3O/c1-19-5-2-3-6-23(19)24-27-14-21(15-28-24)16-29-12-4-11-25(17-29,18-30)13-20-7-9-22(26)10-8-20/h2-3,5-10,14-15,30H,4,11-13,16-18H2,1H3/t25-/m0/s1. The Morgan fingerprint density at radius 1 is 1.03 bits per heavy atom. The fourth-order valence-corrected chi connectivity index (χ4v) is 4.47. The van der Waals surface area contributed by atoms with E-state index in [0.29, 0.717) is 0 Å². The first-order valence-corrected chi connectivity index (χ1v) is 10.5. The van der Waals surface area contributed by atoms with Crippen LogP contribution in [-0.4, -0.2) is 39.7 Å². The quantitative estimate of drug-likeness (QED) is 0.660. The molecule has 0 amide bonds. The SMILES string of the molecule is Cc1ccccc1-c1ncc(CN2CCC[C@](CO)(Cc3ccc(F)cc3)C2)cn1. The van der Waals surface area contributed by atoms with Gasteiger partial charge in [-0.3, -0.25) is 4.90 Å². The van der Waals surface area contributed by atoms with Gasteiger partial charge in [0.1, 0.15) is 5.82 Å². The summed E-state index contributed by atoms with van der Waals surface area (Å²) in [5.41, 5.74) is 4.16. The summed E-state index contributed by atoms with van der Waals surface area (Å²) in [7, 11) is 0. The van der Waals surface area contributed by atoms with E-state index in [1.165, 1.54) is 12.1 Å². The van der Waals surface area contributed by atoms with Crippen molar-refractivity contribution in [3.63, 3.8) is 0 Å². The molecule has 3 aromatic rings. The monoisotopic (exact) mass is 405 g/mol. The molecule has 0 aliphatic carbocycles. The average molecular weight is 406 g/mol. The number of nitrogens with zero attached hydrogens (tertiary/aromatic N) is 3. The molecule has 1 aliphatic heterocycles. The molecule has 4 nitrogen and oxygen atoms in total. The Morgan fingerprint density at radius 2 is 1.77 bits per heavy atom. The number of hydrogen-bond donors (Lipinski definition) is 1. The smallest absolute Gasteiger partial charge is 0.159 e. The first-order chi connectivity index (χ1) is 14.6. The second-order valence-electron chi connectivity index (χ2n) is 8.51. The van der Waals surface area contributed by atoms with Crippen LogP contribution in [0.3, 0.4) is 0 Å². The molecule has 1 aliphatic rings. The van der Waals surface area contributed by atoms with Crippen LogP contribution in [0.4, 0.5) is 4.39 Å². The number of hydrogen-bond acceptors (Lipinski definition) is 4. The summed E-state index contributed by atoms with van der Waals surface area (Å²) in [5, 5.41) is 10.2. The highest BCUT2D eigenvalue weighted by atomic mass is 19.1. The van der Waals surface area contributed by atoms with E-state index in [-0.39, 0.29) is 17.8 Å². The summed E-state index contributed by atoms with van der Waals surface area (Å²) < 4.78 is 13.2. The highest BCUT2D eigenvalue weighted by molar-refractivity contribution is 5.59. The number of benzene rings is 2. The zero-order valence-corrected chi connectivity index (χ0v) is 17.4. The fourth-order valence-electron chi connectivity index (χ4n) is 4.47. The van der Waals surface area contributed by atoms with Gasteiger partial charge in [0.25, 0.3) is 0 Å². The Kier molecular flexibility index (Phi) is 6.21. The highest BCUT2D eigenvalue weighted by Crippen LogP contribution is 2.34. The normalized spacial score (nSPS) is 19.7. The van der Waals surface area contributed by atoms with Crippen LogP contribution < -0.4 is 0 Å².